The molecular formula is C12H20N2O4. The molecule has 2 heterocycles. The fourth-order valence-electron chi connectivity index (χ4n) is 2.67. The second-order valence-electron chi connectivity index (χ2n) is 5.04. The Bertz CT molecular complexity index is 334. The number of carbonyl (C=O) groups is 2. The van der Waals surface area contributed by atoms with Gasteiger partial charge in [0.1, 0.15) is 6.04 Å². The second-order valence-corrected chi connectivity index (χ2v) is 5.04. The van der Waals surface area contributed by atoms with Gasteiger partial charge in [-0.1, -0.05) is 12.8 Å². The van der Waals surface area contributed by atoms with Crippen molar-refractivity contribution in [1.29, 1.82) is 0 Å². The Morgan fingerprint density at radius 1 is 1.22 bits per heavy atom. The van der Waals surface area contributed by atoms with Gasteiger partial charge in [0.05, 0.1) is 19.1 Å². The van der Waals surface area contributed by atoms with E-state index in [0.29, 0.717) is 26.2 Å². The average molecular weight is 256 g/mol. The summed E-state index contributed by atoms with van der Waals surface area (Å²) in [7, 11) is 0. The van der Waals surface area contributed by atoms with Gasteiger partial charge >= 0.3 is 5.97 Å². The molecule has 0 bridgehead atoms. The molecule has 0 spiro atoms. The van der Waals surface area contributed by atoms with Crippen LogP contribution in [0.2, 0.25) is 0 Å². The summed E-state index contributed by atoms with van der Waals surface area (Å²) < 4.78 is 5.19. The molecule has 1 amide bonds. The number of nitrogens with zero attached hydrogens (tertiary/aromatic N) is 1. The molecule has 0 aromatic carbocycles. The summed E-state index contributed by atoms with van der Waals surface area (Å²) in [5, 5.41) is 9.23. The molecule has 2 fully saturated rings. The fourth-order valence-corrected chi connectivity index (χ4v) is 2.67. The summed E-state index contributed by atoms with van der Waals surface area (Å²) in [6.07, 6.45) is 3.22. The van der Waals surface area contributed by atoms with Crippen LogP contribution in [0.5, 0.6) is 0 Å². The van der Waals surface area contributed by atoms with E-state index in [1.54, 1.807) is 0 Å². The third-order valence-electron chi connectivity index (χ3n) is 3.76. The van der Waals surface area contributed by atoms with E-state index < -0.39 is 12.0 Å². The molecule has 6 nitrogen and oxygen atoms in total. The summed E-state index contributed by atoms with van der Waals surface area (Å²) in [5.41, 5.74) is 5.83. The van der Waals surface area contributed by atoms with Gasteiger partial charge in [-0.3, -0.25) is 4.79 Å². The van der Waals surface area contributed by atoms with Crippen LogP contribution in [0.4, 0.5) is 0 Å². The van der Waals surface area contributed by atoms with Gasteiger partial charge in [0.2, 0.25) is 5.91 Å². The van der Waals surface area contributed by atoms with E-state index in [-0.39, 0.29) is 17.9 Å². The van der Waals surface area contributed by atoms with Gasteiger partial charge in [-0.25, -0.2) is 4.79 Å². The van der Waals surface area contributed by atoms with E-state index in [4.69, 9.17) is 10.5 Å². The lowest BCUT2D eigenvalue weighted by molar-refractivity contribution is -0.152. The highest BCUT2D eigenvalue weighted by atomic mass is 16.5. The van der Waals surface area contributed by atoms with Gasteiger partial charge < -0.3 is 20.5 Å². The van der Waals surface area contributed by atoms with Crippen LogP contribution < -0.4 is 5.73 Å². The van der Waals surface area contributed by atoms with Crippen molar-refractivity contribution in [1.82, 2.24) is 4.90 Å². The Labute approximate surface area is 106 Å². The van der Waals surface area contributed by atoms with Crippen LogP contribution in [0.25, 0.3) is 0 Å². The van der Waals surface area contributed by atoms with E-state index in [1.807, 2.05) is 0 Å². The quantitative estimate of drug-likeness (QED) is 0.714. The Hall–Kier alpha value is -1.14. The van der Waals surface area contributed by atoms with E-state index in [9.17, 15) is 14.7 Å². The zero-order valence-corrected chi connectivity index (χ0v) is 10.4. The number of carbonyl (C=O) groups excluding carboxylic acids is 1. The first kappa shape index (κ1) is 13.3. The van der Waals surface area contributed by atoms with Crippen LogP contribution in [-0.4, -0.2) is 53.7 Å². The first-order valence-electron chi connectivity index (χ1n) is 6.48. The van der Waals surface area contributed by atoms with Crippen molar-refractivity contribution >= 4 is 11.9 Å². The minimum absolute atomic E-state index is 0.158. The van der Waals surface area contributed by atoms with Crippen molar-refractivity contribution in [2.75, 3.05) is 19.8 Å². The molecule has 2 rings (SSSR count). The van der Waals surface area contributed by atoms with Gasteiger partial charge in [0.25, 0.3) is 0 Å². The van der Waals surface area contributed by atoms with Gasteiger partial charge in [-0.05, 0) is 12.8 Å². The summed E-state index contributed by atoms with van der Waals surface area (Å²) >= 11 is 0. The molecule has 0 aliphatic carbocycles. The van der Waals surface area contributed by atoms with Gasteiger partial charge in [-0.2, -0.15) is 0 Å². The average Bonchev–Trinajstić information content (AvgIpc) is 2.63. The highest BCUT2D eigenvalue weighted by Crippen LogP contribution is 2.22. The van der Waals surface area contributed by atoms with Crippen molar-refractivity contribution in [2.24, 2.45) is 11.7 Å². The molecule has 0 radical (unpaired) electrons. The van der Waals surface area contributed by atoms with Crippen LogP contribution in [0.3, 0.4) is 0 Å². The van der Waals surface area contributed by atoms with E-state index in [1.165, 1.54) is 4.90 Å². The van der Waals surface area contributed by atoms with Gasteiger partial charge in [-0.15, -0.1) is 0 Å². The number of carboxylic acids is 1. The normalized spacial score (nSPS) is 33.2. The number of likely N-dealkylation sites (tertiary alicyclic amines) is 1. The maximum absolute atomic E-state index is 12.4. The number of amides is 1. The third-order valence-corrected chi connectivity index (χ3v) is 3.76. The monoisotopic (exact) mass is 256 g/mol. The standard InChI is InChI=1S/C12H20N2O4/c13-9-7-18-6-8(9)11(15)14-5-3-1-2-4-10(14)12(16)17/h8-10H,1-7,13H2,(H,16,17). The molecule has 3 unspecified atom stereocenters. The lowest BCUT2D eigenvalue weighted by Crippen LogP contribution is -2.50. The number of carboxylic acid groups (broad SMARTS) is 1. The Morgan fingerprint density at radius 2 is 2.00 bits per heavy atom. The molecular weight excluding hydrogens is 236 g/mol. The molecule has 18 heavy (non-hydrogen) atoms. The van der Waals surface area contributed by atoms with Gasteiger partial charge in [0, 0.05) is 12.6 Å². The first-order chi connectivity index (χ1) is 8.61. The van der Waals surface area contributed by atoms with Crippen LogP contribution in [0, 0.1) is 5.92 Å². The Kier molecular flexibility index (Phi) is 4.19. The number of hydrogen-bond acceptors (Lipinski definition) is 4. The minimum Gasteiger partial charge on any atom is -0.480 e. The summed E-state index contributed by atoms with van der Waals surface area (Å²) in [6.45, 7) is 1.20. The predicted molar refractivity (Wildman–Crippen MR) is 63.9 cm³/mol. The van der Waals surface area contributed by atoms with E-state index in [2.05, 4.69) is 0 Å². The highest BCUT2D eigenvalue weighted by Gasteiger charge is 2.39. The Morgan fingerprint density at radius 3 is 2.61 bits per heavy atom. The molecule has 0 saturated carbocycles. The van der Waals surface area contributed by atoms with Crippen LogP contribution in [0.15, 0.2) is 0 Å². The van der Waals surface area contributed by atoms with Crippen molar-refractivity contribution in [3.05, 3.63) is 0 Å². The maximum Gasteiger partial charge on any atom is 0.326 e. The van der Waals surface area contributed by atoms with Crippen LogP contribution in [-0.2, 0) is 14.3 Å². The van der Waals surface area contributed by atoms with Crippen LogP contribution in [0.1, 0.15) is 25.7 Å². The van der Waals surface area contributed by atoms with E-state index in [0.717, 1.165) is 19.3 Å². The van der Waals surface area contributed by atoms with Gasteiger partial charge in [0.15, 0.2) is 0 Å². The second kappa shape index (κ2) is 5.67. The predicted octanol–water partition coefficient (Wildman–Crippen LogP) is -0.184. The summed E-state index contributed by atoms with van der Waals surface area (Å²) in [5.74, 6) is -1.46. The lowest BCUT2D eigenvalue weighted by atomic mass is 10.0. The zero-order valence-electron chi connectivity index (χ0n) is 10.4. The fraction of sp³-hybridized carbons (Fsp3) is 0.833. The number of aliphatic carboxylic acids is 1. The molecule has 2 aliphatic rings. The van der Waals surface area contributed by atoms with Crippen LogP contribution >= 0.6 is 0 Å². The maximum atomic E-state index is 12.4. The molecule has 3 N–H and O–H groups in total. The van der Waals surface area contributed by atoms with Crippen molar-refractivity contribution in [3.8, 4) is 0 Å². The topological polar surface area (TPSA) is 92.9 Å². The molecule has 6 heteroatoms. The van der Waals surface area contributed by atoms with Crippen molar-refractivity contribution in [2.45, 2.75) is 37.8 Å². The molecule has 3 atom stereocenters. The smallest absolute Gasteiger partial charge is 0.326 e. The van der Waals surface area contributed by atoms with Crippen molar-refractivity contribution < 1.29 is 19.4 Å². The summed E-state index contributed by atoms with van der Waals surface area (Å²) in [4.78, 5) is 25.1. The number of ether oxygens (including phenoxy) is 1. The molecule has 102 valence electrons. The number of rotatable bonds is 2. The number of nitrogens with two attached hydrogens (primary N) is 1. The lowest BCUT2D eigenvalue weighted by Gasteiger charge is -2.30. The number of hydrogen-bond donors (Lipinski definition) is 2. The van der Waals surface area contributed by atoms with E-state index >= 15 is 0 Å². The summed E-state index contributed by atoms with van der Waals surface area (Å²) in [6, 6.07) is -1.01. The largest absolute Gasteiger partial charge is 0.480 e. The molecule has 2 saturated heterocycles. The third kappa shape index (κ3) is 2.64. The zero-order chi connectivity index (χ0) is 13.1. The highest BCUT2D eigenvalue weighted by molar-refractivity contribution is 5.85. The molecule has 0 aromatic rings. The molecule has 0 aromatic heterocycles. The SMILES string of the molecule is NC1COCC1C(=O)N1CCCCCC1C(=O)O. The first-order valence-corrected chi connectivity index (χ1v) is 6.48. The minimum atomic E-state index is -0.919. The molecule has 2 aliphatic heterocycles. The Balaban J connectivity index is 2.11. The van der Waals surface area contributed by atoms with Crippen molar-refractivity contribution in [3.63, 3.8) is 0 Å².